The molecular formula is C19H25N3O2S. The molecule has 1 aliphatic heterocycles. The second-order valence-corrected chi connectivity index (χ2v) is 7.93. The van der Waals surface area contributed by atoms with Crippen molar-refractivity contribution in [3.05, 3.63) is 41.2 Å². The number of nitrogens with one attached hydrogen (secondary N) is 1. The fourth-order valence-electron chi connectivity index (χ4n) is 3.11. The van der Waals surface area contributed by atoms with Gasteiger partial charge in [-0.1, -0.05) is 17.7 Å². The summed E-state index contributed by atoms with van der Waals surface area (Å²) >= 11 is 1.95. The highest BCUT2D eigenvalue weighted by atomic mass is 32.2. The van der Waals surface area contributed by atoms with Gasteiger partial charge in [0.2, 0.25) is 0 Å². The number of carbonyl (C=O) groups is 1. The van der Waals surface area contributed by atoms with E-state index >= 15 is 0 Å². The van der Waals surface area contributed by atoms with Crippen LogP contribution in [0.2, 0.25) is 0 Å². The van der Waals surface area contributed by atoms with Crippen LogP contribution in [0.25, 0.3) is 0 Å². The standard InChI is InChI=1S/C19H25N3O2S/c1-13-6-8-16(9-7-13)24-12-18(23)22(11-17-5-4-10-25-17)19-14(2)20-21-15(19)3/h6-9,17H,4-5,10-12H2,1-3H3,(H,20,21). The lowest BCUT2D eigenvalue weighted by atomic mass is 10.2. The Morgan fingerprint density at radius 3 is 2.68 bits per heavy atom. The highest BCUT2D eigenvalue weighted by molar-refractivity contribution is 8.00. The number of hydrogen-bond donors (Lipinski definition) is 1. The fraction of sp³-hybridized carbons (Fsp3) is 0.474. The zero-order valence-corrected chi connectivity index (χ0v) is 15.9. The van der Waals surface area contributed by atoms with Crippen molar-refractivity contribution in [2.75, 3.05) is 23.8 Å². The van der Waals surface area contributed by atoms with E-state index < -0.39 is 0 Å². The molecule has 0 spiro atoms. The van der Waals surface area contributed by atoms with Gasteiger partial charge in [-0.15, -0.1) is 0 Å². The molecule has 6 heteroatoms. The maximum absolute atomic E-state index is 12.9. The number of thioether (sulfide) groups is 1. The van der Waals surface area contributed by atoms with Gasteiger partial charge in [0.25, 0.3) is 5.91 Å². The largest absolute Gasteiger partial charge is 0.484 e. The molecule has 1 atom stereocenters. The van der Waals surface area contributed by atoms with Crippen LogP contribution in [0.3, 0.4) is 0 Å². The molecule has 1 fully saturated rings. The molecule has 0 bridgehead atoms. The van der Waals surface area contributed by atoms with Gasteiger partial charge in [-0.3, -0.25) is 9.89 Å². The lowest BCUT2D eigenvalue weighted by Gasteiger charge is -2.26. The van der Waals surface area contributed by atoms with Crippen molar-refractivity contribution in [2.24, 2.45) is 0 Å². The van der Waals surface area contributed by atoms with Crippen LogP contribution in [0, 0.1) is 20.8 Å². The number of nitrogens with zero attached hydrogens (tertiary/aromatic N) is 2. The van der Waals surface area contributed by atoms with E-state index in [-0.39, 0.29) is 12.5 Å². The maximum atomic E-state index is 12.9. The third-order valence-electron chi connectivity index (χ3n) is 4.45. The van der Waals surface area contributed by atoms with Crippen molar-refractivity contribution in [3.63, 3.8) is 0 Å². The predicted octanol–water partition coefficient (Wildman–Crippen LogP) is 3.64. The van der Waals surface area contributed by atoms with Crippen LogP contribution in [0.5, 0.6) is 5.75 Å². The molecule has 1 unspecified atom stereocenters. The molecule has 25 heavy (non-hydrogen) atoms. The van der Waals surface area contributed by atoms with Gasteiger partial charge in [0.1, 0.15) is 5.75 Å². The van der Waals surface area contributed by atoms with Crippen molar-refractivity contribution in [1.82, 2.24) is 10.2 Å². The van der Waals surface area contributed by atoms with Gasteiger partial charge in [-0.2, -0.15) is 16.9 Å². The molecule has 0 radical (unpaired) electrons. The number of benzene rings is 1. The Hall–Kier alpha value is -1.95. The quantitative estimate of drug-likeness (QED) is 0.855. The first-order valence-corrected chi connectivity index (χ1v) is 9.72. The van der Waals surface area contributed by atoms with Crippen LogP contribution < -0.4 is 9.64 Å². The average molecular weight is 359 g/mol. The number of rotatable bonds is 6. The predicted molar refractivity (Wildman–Crippen MR) is 103 cm³/mol. The van der Waals surface area contributed by atoms with Crippen LogP contribution in [0.4, 0.5) is 5.69 Å². The Balaban J connectivity index is 1.73. The van der Waals surface area contributed by atoms with Gasteiger partial charge in [0, 0.05) is 11.8 Å². The molecule has 1 saturated heterocycles. The molecule has 5 nitrogen and oxygen atoms in total. The van der Waals surface area contributed by atoms with Gasteiger partial charge >= 0.3 is 0 Å². The second-order valence-electron chi connectivity index (χ2n) is 6.52. The van der Waals surface area contributed by atoms with Crippen molar-refractivity contribution in [3.8, 4) is 5.75 Å². The summed E-state index contributed by atoms with van der Waals surface area (Å²) in [4.78, 5) is 14.8. The number of H-pyrrole nitrogens is 1. The monoisotopic (exact) mass is 359 g/mol. The Morgan fingerprint density at radius 2 is 2.08 bits per heavy atom. The molecule has 0 saturated carbocycles. The van der Waals surface area contributed by atoms with Gasteiger partial charge < -0.3 is 9.64 Å². The topological polar surface area (TPSA) is 58.2 Å². The summed E-state index contributed by atoms with van der Waals surface area (Å²) in [5, 5.41) is 7.72. The first kappa shape index (κ1) is 17.9. The van der Waals surface area contributed by atoms with Gasteiger partial charge in [-0.25, -0.2) is 0 Å². The number of anilines is 1. The van der Waals surface area contributed by atoms with E-state index in [1.807, 2.05) is 61.7 Å². The van der Waals surface area contributed by atoms with Crippen molar-refractivity contribution in [1.29, 1.82) is 0 Å². The van der Waals surface area contributed by atoms with Crippen LogP contribution in [-0.4, -0.2) is 40.3 Å². The second kappa shape index (κ2) is 7.95. The van der Waals surface area contributed by atoms with Crippen molar-refractivity contribution in [2.45, 2.75) is 38.9 Å². The van der Waals surface area contributed by atoms with E-state index in [1.165, 1.54) is 17.7 Å². The number of ether oxygens (including phenoxy) is 1. The highest BCUT2D eigenvalue weighted by Gasteiger charge is 2.27. The minimum Gasteiger partial charge on any atom is -0.484 e. The summed E-state index contributed by atoms with van der Waals surface area (Å²) in [5.74, 6) is 1.87. The molecular weight excluding hydrogens is 334 g/mol. The zero-order chi connectivity index (χ0) is 17.8. The molecule has 1 aromatic carbocycles. The highest BCUT2D eigenvalue weighted by Crippen LogP contribution is 2.30. The number of carbonyl (C=O) groups excluding carboxylic acids is 1. The summed E-state index contributed by atoms with van der Waals surface area (Å²) < 4.78 is 5.72. The SMILES string of the molecule is Cc1ccc(OCC(=O)N(CC2CCCS2)c2c(C)n[nH]c2C)cc1. The molecule has 1 aromatic heterocycles. The van der Waals surface area contributed by atoms with Gasteiger partial charge in [0.05, 0.1) is 17.1 Å². The number of amides is 1. The third kappa shape index (κ3) is 4.37. The lowest BCUT2D eigenvalue weighted by molar-refractivity contribution is -0.120. The number of aryl methyl sites for hydroxylation is 3. The first-order chi connectivity index (χ1) is 12.0. The van der Waals surface area contributed by atoms with Crippen molar-refractivity contribution >= 4 is 23.4 Å². The minimum absolute atomic E-state index is 0.0272. The Bertz CT molecular complexity index is 701. The molecule has 2 aromatic rings. The average Bonchev–Trinajstić information content (AvgIpc) is 3.22. The minimum atomic E-state index is -0.0272. The van der Waals surface area contributed by atoms with Crippen LogP contribution in [-0.2, 0) is 4.79 Å². The molecule has 1 amide bonds. The molecule has 3 rings (SSSR count). The summed E-state index contributed by atoms with van der Waals surface area (Å²) in [6.07, 6.45) is 2.38. The van der Waals surface area contributed by atoms with Crippen molar-refractivity contribution < 1.29 is 9.53 Å². The molecule has 1 N–H and O–H groups in total. The normalized spacial score (nSPS) is 16.8. The van der Waals surface area contributed by atoms with E-state index in [0.29, 0.717) is 11.8 Å². The van der Waals surface area contributed by atoms with E-state index in [0.717, 1.165) is 29.2 Å². The number of aromatic amines is 1. The third-order valence-corrected chi connectivity index (χ3v) is 5.83. The smallest absolute Gasteiger partial charge is 0.265 e. The molecule has 134 valence electrons. The van der Waals surface area contributed by atoms with Gasteiger partial charge in [-0.05, 0) is 51.5 Å². The van der Waals surface area contributed by atoms with E-state index in [2.05, 4.69) is 10.2 Å². The van der Waals surface area contributed by atoms with E-state index in [1.54, 1.807) is 0 Å². The summed E-state index contributed by atoms with van der Waals surface area (Å²) in [6, 6.07) is 7.76. The van der Waals surface area contributed by atoms with Gasteiger partial charge in [0.15, 0.2) is 6.61 Å². The number of aromatic nitrogens is 2. The van der Waals surface area contributed by atoms with E-state index in [9.17, 15) is 4.79 Å². The van der Waals surface area contributed by atoms with E-state index in [4.69, 9.17) is 4.74 Å². The summed E-state index contributed by atoms with van der Waals surface area (Å²) in [5.41, 5.74) is 3.83. The fourth-order valence-corrected chi connectivity index (χ4v) is 4.36. The summed E-state index contributed by atoms with van der Waals surface area (Å²) in [6.45, 7) is 6.66. The summed E-state index contributed by atoms with van der Waals surface area (Å²) in [7, 11) is 0. The number of hydrogen-bond acceptors (Lipinski definition) is 4. The maximum Gasteiger partial charge on any atom is 0.265 e. The first-order valence-electron chi connectivity index (χ1n) is 8.67. The molecule has 1 aliphatic rings. The van der Waals surface area contributed by atoms with Crippen LogP contribution in [0.15, 0.2) is 24.3 Å². The zero-order valence-electron chi connectivity index (χ0n) is 15.0. The Morgan fingerprint density at radius 1 is 1.32 bits per heavy atom. The lowest BCUT2D eigenvalue weighted by Crippen LogP contribution is -2.39. The van der Waals surface area contributed by atoms with Crippen LogP contribution in [0.1, 0.15) is 29.8 Å². The Kier molecular flexibility index (Phi) is 5.68. The molecule has 2 heterocycles. The Labute approximate surface area is 153 Å². The molecule has 0 aliphatic carbocycles. The van der Waals surface area contributed by atoms with Crippen LogP contribution >= 0.6 is 11.8 Å².